The van der Waals surface area contributed by atoms with Crippen molar-refractivity contribution in [3.63, 3.8) is 0 Å². The van der Waals surface area contributed by atoms with Gasteiger partial charge in [0.15, 0.2) is 0 Å². The van der Waals surface area contributed by atoms with E-state index in [1.165, 1.54) is 22.4 Å². The van der Waals surface area contributed by atoms with E-state index < -0.39 is 11.6 Å². The van der Waals surface area contributed by atoms with Crippen LogP contribution in [0.1, 0.15) is 59.0 Å². The van der Waals surface area contributed by atoms with Gasteiger partial charge in [-0.1, -0.05) is 30.5 Å². The minimum absolute atomic E-state index is 0.0146. The van der Waals surface area contributed by atoms with Gasteiger partial charge in [0, 0.05) is 17.0 Å². The highest BCUT2D eigenvalue weighted by Crippen LogP contribution is 2.37. The van der Waals surface area contributed by atoms with Gasteiger partial charge in [-0.3, -0.25) is 9.32 Å². The normalized spacial score (nSPS) is 13.6. The van der Waals surface area contributed by atoms with Crippen molar-refractivity contribution in [3.05, 3.63) is 56.3 Å². The number of carbonyl (C=O) groups excluding carboxylic acids is 2. The maximum Gasteiger partial charge on any atom is 0.442 e. The lowest BCUT2D eigenvalue weighted by Gasteiger charge is -2.11. The second-order valence-electron chi connectivity index (χ2n) is 8.14. The number of aryl methyl sites for hydroxylation is 2. The largest absolute Gasteiger partial charge is 0.462 e. The van der Waals surface area contributed by atoms with Crippen LogP contribution in [0.4, 0.5) is 5.00 Å². The molecule has 1 amide bonds. The Balaban J connectivity index is 1.52. The maximum absolute atomic E-state index is 12.9. The van der Waals surface area contributed by atoms with Crippen LogP contribution >= 0.6 is 23.1 Å². The van der Waals surface area contributed by atoms with E-state index >= 15 is 0 Å². The quantitative estimate of drug-likeness (QED) is 0.285. The number of esters is 1. The summed E-state index contributed by atoms with van der Waals surface area (Å²) >= 11 is 2.54. The van der Waals surface area contributed by atoms with E-state index in [4.69, 9.17) is 9.26 Å². The highest BCUT2D eigenvalue weighted by Gasteiger charge is 2.28. The van der Waals surface area contributed by atoms with E-state index in [1.54, 1.807) is 6.92 Å². The lowest BCUT2D eigenvalue weighted by atomic mass is 9.96. The molecule has 3 aromatic rings. The maximum atomic E-state index is 12.9. The number of aromatic amines is 1. The van der Waals surface area contributed by atoms with Crippen LogP contribution in [0.3, 0.4) is 0 Å². The number of thioether (sulfide) groups is 1. The number of anilines is 1. The fraction of sp³-hybridized carbons (Fsp3) is 0.417. The molecule has 0 unspecified atom stereocenters. The number of aromatic nitrogens is 2. The average molecular weight is 503 g/mol. The molecule has 2 heterocycles. The van der Waals surface area contributed by atoms with Gasteiger partial charge in [0.25, 0.3) is 0 Å². The predicted molar refractivity (Wildman–Crippen MR) is 131 cm³/mol. The summed E-state index contributed by atoms with van der Waals surface area (Å²) in [6.07, 6.45) is 6.10. The Kier molecular flexibility index (Phi) is 7.89. The summed E-state index contributed by atoms with van der Waals surface area (Å²) in [6, 6.07) is 7.57. The number of ether oxygens (including phenoxy) is 1. The van der Waals surface area contributed by atoms with E-state index in [0.717, 1.165) is 65.6 Å². The Hall–Kier alpha value is -2.85. The third kappa shape index (κ3) is 5.44. The Bertz CT molecular complexity index is 1230. The van der Waals surface area contributed by atoms with Gasteiger partial charge in [-0.05, 0) is 66.8 Å². The number of amides is 1. The zero-order valence-corrected chi connectivity index (χ0v) is 20.9. The molecule has 0 spiro atoms. The highest BCUT2D eigenvalue weighted by atomic mass is 32.2. The van der Waals surface area contributed by atoms with Crippen molar-refractivity contribution < 1.29 is 23.5 Å². The third-order valence-corrected chi connectivity index (χ3v) is 7.88. The summed E-state index contributed by atoms with van der Waals surface area (Å²) in [7, 11) is 0. The van der Waals surface area contributed by atoms with Gasteiger partial charge in [0.1, 0.15) is 5.00 Å². The second-order valence-corrected chi connectivity index (χ2v) is 10.2. The lowest BCUT2D eigenvalue weighted by Crippen LogP contribution is -2.36. The number of nitrogens with zero attached hydrogens (tertiary/aromatic N) is 1. The number of carbonyl (C=O) groups is 2. The van der Waals surface area contributed by atoms with Gasteiger partial charge < -0.3 is 10.1 Å². The molecular formula is C24H28N3O5S2+. The molecule has 0 radical (unpaired) electrons. The van der Waals surface area contributed by atoms with E-state index in [1.807, 2.05) is 31.2 Å². The molecule has 0 fully saturated rings. The van der Waals surface area contributed by atoms with Crippen LogP contribution in [0.5, 0.6) is 0 Å². The molecule has 0 saturated carbocycles. The van der Waals surface area contributed by atoms with Gasteiger partial charge in [0.2, 0.25) is 11.6 Å². The molecule has 4 rings (SSSR count). The van der Waals surface area contributed by atoms with Crippen molar-refractivity contribution in [2.75, 3.05) is 17.7 Å². The molecule has 0 bridgehead atoms. The van der Waals surface area contributed by atoms with E-state index in [9.17, 15) is 14.4 Å². The summed E-state index contributed by atoms with van der Waals surface area (Å²) in [5, 5.41) is 6.28. The van der Waals surface area contributed by atoms with Crippen molar-refractivity contribution >= 4 is 40.0 Å². The van der Waals surface area contributed by atoms with Crippen LogP contribution in [0.15, 0.2) is 38.6 Å². The van der Waals surface area contributed by atoms with Gasteiger partial charge in [0.05, 0.1) is 17.9 Å². The van der Waals surface area contributed by atoms with Crippen LogP contribution in [-0.4, -0.2) is 29.5 Å². The topological polar surface area (TPSA) is 105 Å². The lowest BCUT2D eigenvalue weighted by molar-refractivity contribution is -0.704. The zero-order chi connectivity index (χ0) is 24.1. The van der Waals surface area contributed by atoms with Gasteiger partial charge in [-0.2, -0.15) is 0 Å². The molecule has 180 valence electrons. The van der Waals surface area contributed by atoms with E-state index in [2.05, 4.69) is 10.6 Å². The monoisotopic (exact) mass is 502 g/mol. The van der Waals surface area contributed by atoms with Gasteiger partial charge in [-0.15, -0.1) is 11.3 Å². The number of benzene rings is 1. The molecule has 1 aliphatic carbocycles. The Morgan fingerprint density at radius 1 is 1.18 bits per heavy atom. The summed E-state index contributed by atoms with van der Waals surface area (Å²) in [4.78, 5) is 39.0. The first-order valence-corrected chi connectivity index (χ1v) is 13.2. The number of rotatable bonds is 7. The molecule has 34 heavy (non-hydrogen) atoms. The second kappa shape index (κ2) is 11.1. The van der Waals surface area contributed by atoms with Crippen molar-refractivity contribution in [3.8, 4) is 5.69 Å². The van der Waals surface area contributed by atoms with Crippen LogP contribution in [0, 0.1) is 6.92 Å². The first kappa shape index (κ1) is 24.3. The average Bonchev–Trinajstić information content (AvgIpc) is 3.32. The van der Waals surface area contributed by atoms with Crippen LogP contribution in [0.25, 0.3) is 5.69 Å². The zero-order valence-electron chi connectivity index (χ0n) is 19.3. The molecule has 1 aliphatic rings. The summed E-state index contributed by atoms with van der Waals surface area (Å²) in [6.45, 7) is 4.02. The molecule has 0 saturated heterocycles. The number of H-pyrrole nitrogens is 1. The number of thiophene rings is 1. The standard InChI is InChI=1S/C24H27N3O5S2/c1-3-31-23(29)20-17-8-6-4-5-7-9-18(17)34-21(20)25-19(28)14-33-22-24(30)32-26-27(22)16-12-10-15(2)11-13-16/h10-13H,3-9,14H2,1-2H3,(H-,25,26,28,29,30)/p+1. The molecule has 10 heteroatoms. The Morgan fingerprint density at radius 3 is 2.65 bits per heavy atom. The van der Waals surface area contributed by atoms with E-state index in [-0.39, 0.29) is 23.3 Å². The molecule has 0 atom stereocenters. The summed E-state index contributed by atoms with van der Waals surface area (Å²) in [5.74, 6) is -0.716. The van der Waals surface area contributed by atoms with Crippen LogP contribution < -0.4 is 15.6 Å². The molecule has 0 aliphatic heterocycles. The number of hydrogen-bond acceptors (Lipinski definition) is 7. The predicted octanol–water partition coefficient (Wildman–Crippen LogP) is 4.18. The summed E-state index contributed by atoms with van der Waals surface area (Å²) in [5.41, 5.74) is 2.76. The number of fused-ring (bicyclic) bond motifs is 1. The van der Waals surface area contributed by atoms with Gasteiger partial charge >= 0.3 is 16.6 Å². The molecular weight excluding hydrogens is 474 g/mol. The molecule has 2 N–H and O–H groups in total. The van der Waals surface area contributed by atoms with Crippen molar-refractivity contribution in [2.24, 2.45) is 0 Å². The van der Waals surface area contributed by atoms with E-state index in [0.29, 0.717) is 10.6 Å². The molecule has 1 aromatic carbocycles. The fourth-order valence-corrected chi connectivity index (χ4v) is 6.04. The molecule has 8 nitrogen and oxygen atoms in total. The molecule has 2 aromatic heterocycles. The Morgan fingerprint density at radius 2 is 1.91 bits per heavy atom. The summed E-state index contributed by atoms with van der Waals surface area (Å²) < 4.78 is 11.8. The third-order valence-electron chi connectivity index (χ3n) is 5.64. The van der Waals surface area contributed by atoms with Crippen molar-refractivity contribution in [1.82, 2.24) is 5.27 Å². The minimum Gasteiger partial charge on any atom is -0.462 e. The highest BCUT2D eigenvalue weighted by molar-refractivity contribution is 7.99. The SMILES string of the molecule is CCOC(=O)c1c(NC(=O)CSc2c(=O)o[nH][n+]2-c2ccc(C)cc2)sc2c1CCCCCC2. The van der Waals surface area contributed by atoms with Crippen molar-refractivity contribution in [2.45, 2.75) is 57.4 Å². The van der Waals surface area contributed by atoms with Crippen molar-refractivity contribution in [1.29, 1.82) is 0 Å². The Labute approximate surface area is 205 Å². The first-order valence-electron chi connectivity index (χ1n) is 11.4. The smallest absolute Gasteiger partial charge is 0.442 e. The fourth-order valence-electron chi connectivity index (χ4n) is 3.97. The first-order chi connectivity index (χ1) is 16.5. The number of nitrogens with one attached hydrogen (secondary N) is 2. The number of hydrogen-bond donors (Lipinski definition) is 2. The minimum atomic E-state index is -0.551. The van der Waals surface area contributed by atoms with Gasteiger partial charge in [-0.25, -0.2) is 9.59 Å². The van der Waals surface area contributed by atoms with Crippen LogP contribution in [0.2, 0.25) is 0 Å². The van der Waals surface area contributed by atoms with Crippen LogP contribution in [-0.2, 0) is 22.4 Å².